The van der Waals surface area contributed by atoms with E-state index in [0.29, 0.717) is 6.04 Å². The molecule has 1 heterocycles. The van der Waals surface area contributed by atoms with Gasteiger partial charge in [-0.3, -0.25) is 0 Å². The number of rotatable bonds is 5. The molecule has 0 saturated heterocycles. The summed E-state index contributed by atoms with van der Waals surface area (Å²) in [6.07, 6.45) is 1.98. The largest absolute Gasteiger partial charge is 0.327 e. The zero-order chi connectivity index (χ0) is 13.8. The van der Waals surface area contributed by atoms with Gasteiger partial charge < -0.3 is 9.88 Å². The summed E-state index contributed by atoms with van der Waals surface area (Å²) in [7, 11) is 0. The highest BCUT2D eigenvalue weighted by Gasteiger charge is 2.08. The lowest BCUT2D eigenvalue weighted by molar-refractivity contribution is 0.561. The molecular formula is C16H23N3. The van der Waals surface area contributed by atoms with Crippen molar-refractivity contribution in [2.75, 3.05) is 0 Å². The molecule has 1 N–H and O–H groups in total. The highest BCUT2D eigenvalue weighted by atomic mass is 15.1. The van der Waals surface area contributed by atoms with Crippen molar-refractivity contribution in [3.8, 4) is 0 Å². The first kappa shape index (κ1) is 13.8. The minimum atomic E-state index is 0.488. The second-order valence-electron chi connectivity index (χ2n) is 5.34. The topological polar surface area (TPSA) is 29.9 Å². The fraction of sp³-hybridized carbons (Fsp3) is 0.438. The first-order chi connectivity index (χ1) is 9.08. The predicted molar refractivity (Wildman–Crippen MR) is 79.2 cm³/mol. The molecule has 19 heavy (non-hydrogen) atoms. The van der Waals surface area contributed by atoms with Crippen molar-refractivity contribution < 1.29 is 0 Å². The molecule has 102 valence electrons. The van der Waals surface area contributed by atoms with Crippen LogP contribution in [0.25, 0.3) is 0 Å². The van der Waals surface area contributed by atoms with Gasteiger partial charge in [-0.15, -0.1) is 0 Å². The SMILES string of the molecule is Cc1ccccc1Cn1c(CNC(C)C)cnc1C. The van der Waals surface area contributed by atoms with Crippen LogP contribution in [-0.4, -0.2) is 15.6 Å². The number of benzene rings is 1. The Kier molecular flexibility index (Phi) is 4.38. The third-order valence-electron chi connectivity index (χ3n) is 3.42. The summed E-state index contributed by atoms with van der Waals surface area (Å²) in [4.78, 5) is 4.44. The van der Waals surface area contributed by atoms with Gasteiger partial charge in [-0.05, 0) is 25.0 Å². The first-order valence-corrected chi connectivity index (χ1v) is 6.87. The van der Waals surface area contributed by atoms with Gasteiger partial charge in [0.05, 0.1) is 5.69 Å². The number of nitrogens with one attached hydrogen (secondary N) is 1. The van der Waals surface area contributed by atoms with Crippen molar-refractivity contribution >= 4 is 0 Å². The maximum atomic E-state index is 4.44. The van der Waals surface area contributed by atoms with Crippen molar-refractivity contribution in [2.45, 2.75) is 46.8 Å². The Hall–Kier alpha value is -1.61. The zero-order valence-electron chi connectivity index (χ0n) is 12.3. The molecule has 3 nitrogen and oxygen atoms in total. The van der Waals surface area contributed by atoms with Crippen molar-refractivity contribution in [2.24, 2.45) is 0 Å². The van der Waals surface area contributed by atoms with E-state index in [1.54, 1.807) is 0 Å². The molecule has 0 amide bonds. The van der Waals surface area contributed by atoms with E-state index in [1.807, 2.05) is 6.20 Å². The first-order valence-electron chi connectivity index (χ1n) is 6.87. The van der Waals surface area contributed by atoms with Gasteiger partial charge in [0.15, 0.2) is 0 Å². The number of hydrogen-bond acceptors (Lipinski definition) is 2. The molecule has 0 spiro atoms. The van der Waals surface area contributed by atoms with Crippen LogP contribution in [-0.2, 0) is 13.1 Å². The minimum absolute atomic E-state index is 0.488. The molecule has 0 radical (unpaired) electrons. The highest BCUT2D eigenvalue weighted by Crippen LogP contribution is 2.13. The maximum absolute atomic E-state index is 4.44. The molecule has 0 atom stereocenters. The lowest BCUT2D eigenvalue weighted by atomic mass is 10.1. The van der Waals surface area contributed by atoms with Crippen LogP contribution in [0.2, 0.25) is 0 Å². The van der Waals surface area contributed by atoms with Gasteiger partial charge >= 0.3 is 0 Å². The predicted octanol–water partition coefficient (Wildman–Crippen LogP) is 3.05. The van der Waals surface area contributed by atoms with Crippen molar-refractivity contribution in [3.05, 3.63) is 53.1 Å². The normalized spacial score (nSPS) is 11.2. The Bertz CT molecular complexity index is 541. The van der Waals surface area contributed by atoms with Gasteiger partial charge in [0, 0.05) is 25.3 Å². The summed E-state index contributed by atoms with van der Waals surface area (Å²) in [6, 6.07) is 9.02. The fourth-order valence-corrected chi connectivity index (χ4v) is 2.14. The molecule has 0 saturated carbocycles. The number of hydrogen-bond donors (Lipinski definition) is 1. The lowest BCUT2D eigenvalue weighted by Gasteiger charge is -2.14. The maximum Gasteiger partial charge on any atom is 0.106 e. The summed E-state index contributed by atoms with van der Waals surface area (Å²) in [5.41, 5.74) is 3.93. The van der Waals surface area contributed by atoms with E-state index < -0.39 is 0 Å². The molecule has 0 aliphatic heterocycles. The number of aromatic nitrogens is 2. The van der Waals surface area contributed by atoms with E-state index in [9.17, 15) is 0 Å². The van der Waals surface area contributed by atoms with Crippen LogP contribution in [0.5, 0.6) is 0 Å². The molecule has 0 aliphatic rings. The fourth-order valence-electron chi connectivity index (χ4n) is 2.14. The quantitative estimate of drug-likeness (QED) is 0.892. The molecule has 2 rings (SSSR count). The summed E-state index contributed by atoms with van der Waals surface area (Å²) < 4.78 is 2.29. The minimum Gasteiger partial charge on any atom is -0.327 e. The van der Waals surface area contributed by atoms with Gasteiger partial charge in [-0.25, -0.2) is 4.98 Å². The molecule has 0 fully saturated rings. The Morgan fingerprint density at radius 3 is 2.63 bits per heavy atom. The zero-order valence-corrected chi connectivity index (χ0v) is 12.3. The molecule has 2 aromatic rings. The molecular weight excluding hydrogens is 234 g/mol. The highest BCUT2D eigenvalue weighted by molar-refractivity contribution is 5.26. The van der Waals surface area contributed by atoms with Crippen LogP contribution in [0.4, 0.5) is 0 Å². The number of nitrogens with zero attached hydrogens (tertiary/aromatic N) is 2. The second-order valence-corrected chi connectivity index (χ2v) is 5.34. The average Bonchev–Trinajstić information content (AvgIpc) is 2.71. The summed E-state index contributed by atoms with van der Waals surface area (Å²) in [5, 5.41) is 3.46. The molecule has 0 bridgehead atoms. The van der Waals surface area contributed by atoms with Crippen LogP contribution in [0.1, 0.15) is 36.5 Å². The summed E-state index contributed by atoms with van der Waals surface area (Å²) >= 11 is 0. The van der Waals surface area contributed by atoms with E-state index in [4.69, 9.17) is 0 Å². The van der Waals surface area contributed by atoms with Crippen molar-refractivity contribution in [1.29, 1.82) is 0 Å². The Morgan fingerprint density at radius 1 is 1.21 bits per heavy atom. The van der Waals surface area contributed by atoms with E-state index in [1.165, 1.54) is 16.8 Å². The van der Waals surface area contributed by atoms with Crippen LogP contribution >= 0.6 is 0 Å². The molecule has 1 aromatic heterocycles. The van der Waals surface area contributed by atoms with Gasteiger partial charge in [-0.1, -0.05) is 38.1 Å². The van der Waals surface area contributed by atoms with E-state index in [0.717, 1.165) is 18.9 Å². The Labute approximate surface area is 115 Å². The van der Waals surface area contributed by atoms with Gasteiger partial charge in [0.1, 0.15) is 5.82 Å². The Morgan fingerprint density at radius 2 is 1.95 bits per heavy atom. The van der Waals surface area contributed by atoms with E-state index in [2.05, 4.69) is 66.8 Å². The lowest BCUT2D eigenvalue weighted by Crippen LogP contribution is -2.23. The summed E-state index contributed by atoms with van der Waals surface area (Å²) in [5.74, 6) is 1.07. The molecule has 1 aromatic carbocycles. The van der Waals surface area contributed by atoms with Gasteiger partial charge in [-0.2, -0.15) is 0 Å². The Balaban J connectivity index is 2.20. The summed E-state index contributed by atoms with van der Waals surface area (Å²) in [6.45, 7) is 10.3. The monoisotopic (exact) mass is 257 g/mol. The molecule has 0 unspecified atom stereocenters. The number of imidazole rings is 1. The van der Waals surface area contributed by atoms with Crippen molar-refractivity contribution in [3.63, 3.8) is 0 Å². The van der Waals surface area contributed by atoms with Crippen molar-refractivity contribution in [1.82, 2.24) is 14.9 Å². The van der Waals surface area contributed by atoms with Gasteiger partial charge in [0.25, 0.3) is 0 Å². The van der Waals surface area contributed by atoms with Crippen LogP contribution in [0.15, 0.2) is 30.5 Å². The molecule has 3 heteroatoms. The van der Waals surface area contributed by atoms with Crippen LogP contribution in [0.3, 0.4) is 0 Å². The average molecular weight is 257 g/mol. The smallest absolute Gasteiger partial charge is 0.106 e. The third-order valence-corrected chi connectivity index (χ3v) is 3.42. The van der Waals surface area contributed by atoms with E-state index in [-0.39, 0.29) is 0 Å². The standard InChI is InChI=1S/C16H23N3/c1-12(2)17-9-16-10-18-14(4)19(16)11-15-8-6-5-7-13(15)3/h5-8,10,12,17H,9,11H2,1-4H3. The van der Waals surface area contributed by atoms with Crippen LogP contribution < -0.4 is 5.32 Å². The molecule has 0 aliphatic carbocycles. The van der Waals surface area contributed by atoms with Gasteiger partial charge in [0.2, 0.25) is 0 Å². The third kappa shape index (κ3) is 3.44. The second kappa shape index (κ2) is 6.02. The van der Waals surface area contributed by atoms with Crippen LogP contribution in [0, 0.1) is 13.8 Å². The number of aryl methyl sites for hydroxylation is 2. The van der Waals surface area contributed by atoms with E-state index >= 15 is 0 Å².